The predicted octanol–water partition coefficient (Wildman–Crippen LogP) is 2.67. The van der Waals surface area contributed by atoms with Crippen molar-refractivity contribution in [1.82, 2.24) is 4.98 Å². The first-order chi connectivity index (χ1) is 6.95. The molecule has 0 unspecified atom stereocenters. The lowest BCUT2D eigenvalue weighted by atomic mass is 10.0. The first kappa shape index (κ1) is 7.56. The van der Waals surface area contributed by atoms with Gasteiger partial charge < -0.3 is 5.32 Å². The van der Waals surface area contributed by atoms with Crippen molar-refractivity contribution in [2.45, 2.75) is 0 Å². The number of benzene rings is 1. The average molecular weight is 182 g/mol. The summed E-state index contributed by atoms with van der Waals surface area (Å²) in [4.78, 5) is 4.40. The van der Waals surface area contributed by atoms with Crippen molar-refractivity contribution in [3.05, 3.63) is 42.1 Å². The Balaban J connectivity index is 2.42. The van der Waals surface area contributed by atoms with Gasteiger partial charge in [-0.2, -0.15) is 0 Å². The van der Waals surface area contributed by atoms with Crippen LogP contribution in [0.1, 0.15) is 5.56 Å². The van der Waals surface area contributed by atoms with Crippen LogP contribution in [0.15, 0.2) is 36.5 Å². The third-order valence-electron chi connectivity index (χ3n) is 2.51. The van der Waals surface area contributed by atoms with E-state index in [-0.39, 0.29) is 0 Å². The number of nitrogens with zero attached hydrogens (tertiary/aromatic N) is 1. The Morgan fingerprint density at radius 2 is 2.21 bits per heavy atom. The van der Waals surface area contributed by atoms with E-state index >= 15 is 0 Å². The normalized spacial score (nSPS) is 13.7. The Kier molecular flexibility index (Phi) is 1.53. The lowest BCUT2D eigenvalue weighted by molar-refractivity contribution is 1.30. The molecule has 0 atom stereocenters. The molecule has 2 aromatic rings. The van der Waals surface area contributed by atoms with Crippen LogP contribution in [0.25, 0.3) is 17.0 Å². The van der Waals surface area contributed by atoms with Crippen molar-refractivity contribution in [3.63, 3.8) is 0 Å². The standard InChI is InChI=1S/C12H10N2/c1-3-9-5-6-11-10(4-2-7-13-11)12(9)14-8-1/h1-6,8,13H,7H2. The number of fused-ring (bicyclic) bond motifs is 3. The highest BCUT2D eigenvalue weighted by Gasteiger charge is 2.07. The zero-order valence-electron chi connectivity index (χ0n) is 7.70. The van der Waals surface area contributed by atoms with Crippen molar-refractivity contribution in [2.24, 2.45) is 0 Å². The van der Waals surface area contributed by atoms with Gasteiger partial charge >= 0.3 is 0 Å². The number of pyridine rings is 1. The molecule has 0 bridgehead atoms. The highest BCUT2D eigenvalue weighted by Crippen LogP contribution is 2.27. The fraction of sp³-hybridized carbons (Fsp3) is 0.0833. The van der Waals surface area contributed by atoms with Gasteiger partial charge in [-0.15, -0.1) is 0 Å². The quantitative estimate of drug-likeness (QED) is 0.677. The van der Waals surface area contributed by atoms with Crippen LogP contribution in [0.3, 0.4) is 0 Å². The summed E-state index contributed by atoms with van der Waals surface area (Å²) in [6.07, 6.45) is 6.10. The van der Waals surface area contributed by atoms with E-state index in [1.807, 2.05) is 12.3 Å². The van der Waals surface area contributed by atoms with Crippen LogP contribution >= 0.6 is 0 Å². The molecule has 68 valence electrons. The van der Waals surface area contributed by atoms with Crippen molar-refractivity contribution in [3.8, 4) is 0 Å². The summed E-state index contributed by atoms with van der Waals surface area (Å²) in [5, 5.41) is 4.52. The molecule has 3 rings (SSSR count). The van der Waals surface area contributed by atoms with Crippen LogP contribution in [0.2, 0.25) is 0 Å². The first-order valence-corrected chi connectivity index (χ1v) is 4.73. The molecule has 1 aliphatic rings. The van der Waals surface area contributed by atoms with Gasteiger partial charge in [0.1, 0.15) is 0 Å². The molecule has 2 heteroatoms. The van der Waals surface area contributed by atoms with E-state index in [9.17, 15) is 0 Å². The summed E-state index contributed by atoms with van der Waals surface area (Å²) < 4.78 is 0. The molecule has 14 heavy (non-hydrogen) atoms. The van der Waals surface area contributed by atoms with Gasteiger partial charge in [-0.05, 0) is 12.1 Å². The van der Waals surface area contributed by atoms with Crippen molar-refractivity contribution in [1.29, 1.82) is 0 Å². The van der Waals surface area contributed by atoms with E-state index in [1.165, 1.54) is 16.6 Å². The molecule has 0 radical (unpaired) electrons. The number of anilines is 1. The molecule has 1 aromatic heterocycles. The zero-order chi connectivity index (χ0) is 9.38. The largest absolute Gasteiger partial charge is 0.381 e. The molecular formula is C12H10N2. The van der Waals surface area contributed by atoms with Crippen LogP contribution in [0.5, 0.6) is 0 Å². The maximum Gasteiger partial charge on any atom is 0.0794 e. The number of rotatable bonds is 0. The van der Waals surface area contributed by atoms with Gasteiger partial charge in [0.2, 0.25) is 0 Å². The minimum atomic E-state index is 0.908. The van der Waals surface area contributed by atoms with E-state index in [4.69, 9.17) is 0 Å². The van der Waals surface area contributed by atoms with Gasteiger partial charge in [0.25, 0.3) is 0 Å². The topological polar surface area (TPSA) is 24.9 Å². The maximum atomic E-state index is 4.40. The van der Waals surface area contributed by atoms with Gasteiger partial charge in [0.15, 0.2) is 0 Å². The molecule has 0 spiro atoms. The predicted molar refractivity (Wildman–Crippen MR) is 59.3 cm³/mol. The number of nitrogens with one attached hydrogen (secondary N) is 1. The number of aromatic nitrogens is 1. The first-order valence-electron chi connectivity index (χ1n) is 4.73. The third-order valence-corrected chi connectivity index (χ3v) is 2.51. The smallest absolute Gasteiger partial charge is 0.0794 e. The molecule has 0 fully saturated rings. The molecule has 0 saturated carbocycles. The van der Waals surface area contributed by atoms with Crippen molar-refractivity contribution >= 4 is 22.7 Å². The van der Waals surface area contributed by atoms with E-state index in [0.717, 1.165) is 12.1 Å². The fourth-order valence-corrected chi connectivity index (χ4v) is 1.84. The molecule has 2 heterocycles. The number of hydrogen-bond donors (Lipinski definition) is 1. The molecule has 1 N–H and O–H groups in total. The van der Waals surface area contributed by atoms with Crippen LogP contribution in [0, 0.1) is 0 Å². The molecule has 0 saturated heterocycles. The number of hydrogen-bond acceptors (Lipinski definition) is 2. The summed E-state index contributed by atoms with van der Waals surface area (Å²) in [6, 6.07) is 8.27. The van der Waals surface area contributed by atoms with Crippen molar-refractivity contribution in [2.75, 3.05) is 11.9 Å². The maximum absolute atomic E-state index is 4.40. The second-order valence-corrected chi connectivity index (χ2v) is 3.39. The van der Waals surface area contributed by atoms with Gasteiger partial charge in [0, 0.05) is 29.4 Å². The van der Waals surface area contributed by atoms with Crippen LogP contribution in [0.4, 0.5) is 5.69 Å². The Labute approximate surface area is 82.3 Å². The SMILES string of the molecule is C1=Cc2c(ccc3cccnc23)NC1. The van der Waals surface area contributed by atoms with Gasteiger partial charge in [-0.1, -0.05) is 24.3 Å². The van der Waals surface area contributed by atoms with E-state index < -0.39 is 0 Å². The Morgan fingerprint density at radius 3 is 3.21 bits per heavy atom. The molecule has 1 aliphatic heterocycles. The molecule has 1 aromatic carbocycles. The zero-order valence-corrected chi connectivity index (χ0v) is 7.70. The summed E-state index contributed by atoms with van der Waals surface area (Å²) in [7, 11) is 0. The summed E-state index contributed by atoms with van der Waals surface area (Å²) in [5.41, 5.74) is 3.46. The monoisotopic (exact) mass is 182 g/mol. The second-order valence-electron chi connectivity index (χ2n) is 3.39. The lowest BCUT2D eigenvalue weighted by Crippen LogP contribution is -2.04. The van der Waals surface area contributed by atoms with Gasteiger partial charge in [-0.3, -0.25) is 4.98 Å². The van der Waals surface area contributed by atoms with E-state index in [1.54, 1.807) is 0 Å². The molecule has 2 nitrogen and oxygen atoms in total. The molecular weight excluding hydrogens is 172 g/mol. The van der Waals surface area contributed by atoms with E-state index in [0.29, 0.717) is 0 Å². The van der Waals surface area contributed by atoms with Gasteiger partial charge in [0.05, 0.1) is 5.52 Å². The highest BCUT2D eigenvalue weighted by molar-refractivity contribution is 5.93. The molecule has 0 amide bonds. The van der Waals surface area contributed by atoms with Crippen LogP contribution in [-0.4, -0.2) is 11.5 Å². The Bertz CT molecular complexity index is 515. The van der Waals surface area contributed by atoms with E-state index in [2.05, 4.69) is 40.7 Å². The minimum Gasteiger partial charge on any atom is -0.381 e. The fourth-order valence-electron chi connectivity index (χ4n) is 1.84. The Morgan fingerprint density at radius 1 is 1.21 bits per heavy atom. The Hall–Kier alpha value is -1.83. The van der Waals surface area contributed by atoms with Crippen molar-refractivity contribution < 1.29 is 0 Å². The van der Waals surface area contributed by atoms with Gasteiger partial charge in [-0.25, -0.2) is 0 Å². The lowest BCUT2D eigenvalue weighted by Gasteiger charge is -2.14. The highest BCUT2D eigenvalue weighted by atomic mass is 14.9. The third kappa shape index (κ3) is 1.01. The summed E-state index contributed by atoms with van der Waals surface area (Å²) in [5.74, 6) is 0. The summed E-state index contributed by atoms with van der Waals surface area (Å²) in [6.45, 7) is 0.908. The van der Waals surface area contributed by atoms with Crippen LogP contribution in [-0.2, 0) is 0 Å². The van der Waals surface area contributed by atoms with Crippen LogP contribution < -0.4 is 5.32 Å². The minimum absolute atomic E-state index is 0.908. The second kappa shape index (κ2) is 2.84. The average Bonchev–Trinajstić information content (AvgIpc) is 2.29. The molecule has 0 aliphatic carbocycles. The summed E-state index contributed by atoms with van der Waals surface area (Å²) >= 11 is 0.